The van der Waals surface area contributed by atoms with Gasteiger partial charge in [0.25, 0.3) is 0 Å². The van der Waals surface area contributed by atoms with Crippen LogP contribution >= 0.6 is 11.8 Å². The van der Waals surface area contributed by atoms with Crippen molar-refractivity contribution in [2.75, 3.05) is 0 Å². The van der Waals surface area contributed by atoms with Gasteiger partial charge in [0.1, 0.15) is 6.26 Å². The van der Waals surface area contributed by atoms with Crippen molar-refractivity contribution < 1.29 is 8.94 Å². The van der Waals surface area contributed by atoms with Gasteiger partial charge in [0.2, 0.25) is 17.6 Å². The van der Waals surface area contributed by atoms with Gasteiger partial charge in [0.05, 0.1) is 11.4 Å². The molecule has 0 atom stereocenters. The van der Waals surface area contributed by atoms with E-state index >= 15 is 0 Å². The molecule has 0 unspecified atom stereocenters. The molecule has 0 fully saturated rings. The topological polar surface area (TPSA) is 65.0 Å². The highest BCUT2D eigenvalue weighted by Gasteiger charge is 2.10. The molecule has 2 aromatic heterocycles. The van der Waals surface area contributed by atoms with E-state index in [0.717, 1.165) is 22.6 Å². The molecule has 0 aliphatic carbocycles. The van der Waals surface area contributed by atoms with E-state index in [4.69, 9.17) is 8.94 Å². The van der Waals surface area contributed by atoms with Crippen LogP contribution in [0.15, 0.2) is 69.8 Å². The molecule has 4 rings (SSSR count). The van der Waals surface area contributed by atoms with Crippen LogP contribution in [0.4, 0.5) is 0 Å². The second-order valence-electron chi connectivity index (χ2n) is 5.88. The number of hydrogen-bond acceptors (Lipinski definition) is 6. The van der Waals surface area contributed by atoms with Crippen LogP contribution in [0.3, 0.4) is 0 Å². The minimum Gasteiger partial charge on any atom is -0.444 e. The Labute approximate surface area is 155 Å². The van der Waals surface area contributed by atoms with E-state index in [1.54, 1.807) is 18.0 Å². The highest BCUT2D eigenvalue weighted by atomic mass is 32.2. The Morgan fingerprint density at radius 2 is 1.69 bits per heavy atom. The third-order valence-electron chi connectivity index (χ3n) is 3.83. The van der Waals surface area contributed by atoms with E-state index in [1.165, 1.54) is 5.56 Å². The molecule has 6 heteroatoms. The van der Waals surface area contributed by atoms with E-state index in [2.05, 4.69) is 22.0 Å². The molecule has 0 aliphatic heterocycles. The number of oxazole rings is 1. The van der Waals surface area contributed by atoms with Gasteiger partial charge >= 0.3 is 0 Å². The number of hydrogen-bond donors (Lipinski definition) is 0. The van der Waals surface area contributed by atoms with Crippen LogP contribution in [0, 0.1) is 6.92 Å². The van der Waals surface area contributed by atoms with Crippen molar-refractivity contribution >= 4 is 11.8 Å². The molecule has 0 amide bonds. The van der Waals surface area contributed by atoms with Crippen LogP contribution in [0.5, 0.6) is 0 Å². The van der Waals surface area contributed by atoms with Gasteiger partial charge in [-0.3, -0.25) is 0 Å². The van der Waals surface area contributed by atoms with Crippen molar-refractivity contribution in [3.63, 3.8) is 0 Å². The first-order valence-corrected chi connectivity index (χ1v) is 9.40. The molecule has 0 saturated heterocycles. The quantitative estimate of drug-likeness (QED) is 0.473. The maximum atomic E-state index is 5.58. The Balaban J connectivity index is 1.34. The molecular formula is C20H17N3O2S. The summed E-state index contributed by atoms with van der Waals surface area (Å²) >= 11 is 1.66. The standard InChI is InChI=1S/C20H17N3O2S/c1-14-7-9-16(10-8-14)20-21-17(11-24-20)12-26-13-18-22-19(23-25-18)15-5-3-2-4-6-15/h2-11H,12-13H2,1H3. The maximum absolute atomic E-state index is 5.58. The zero-order chi connectivity index (χ0) is 17.8. The molecule has 4 aromatic rings. The first-order valence-electron chi connectivity index (χ1n) is 8.25. The third kappa shape index (κ3) is 3.86. The first-order chi connectivity index (χ1) is 12.8. The van der Waals surface area contributed by atoms with E-state index in [0.29, 0.717) is 23.4 Å². The largest absolute Gasteiger partial charge is 0.444 e. The second kappa shape index (κ2) is 7.58. The lowest BCUT2D eigenvalue weighted by atomic mass is 10.1. The fraction of sp³-hybridized carbons (Fsp3) is 0.150. The van der Waals surface area contributed by atoms with Gasteiger partial charge in [0.15, 0.2) is 0 Å². The summed E-state index contributed by atoms with van der Waals surface area (Å²) in [6.45, 7) is 2.06. The van der Waals surface area contributed by atoms with Gasteiger partial charge in [-0.15, -0.1) is 11.8 Å². The Hall–Kier alpha value is -2.86. The van der Waals surface area contributed by atoms with Gasteiger partial charge in [-0.2, -0.15) is 4.98 Å². The Bertz CT molecular complexity index is 978. The van der Waals surface area contributed by atoms with Gasteiger partial charge in [-0.05, 0) is 19.1 Å². The van der Waals surface area contributed by atoms with E-state index in [9.17, 15) is 0 Å². The minimum absolute atomic E-state index is 0.608. The molecule has 0 bridgehead atoms. The van der Waals surface area contributed by atoms with Crippen molar-refractivity contribution in [2.24, 2.45) is 0 Å². The Morgan fingerprint density at radius 3 is 2.50 bits per heavy atom. The molecule has 0 radical (unpaired) electrons. The van der Waals surface area contributed by atoms with Gasteiger partial charge in [-0.25, -0.2) is 4.98 Å². The van der Waals surface area contributed by atoms with E-state index in [-0.39, 0.29) is 0 Å². The molecule has 2 heterocycles. The zero-order valence-electron chi connectivity index (χ0n) is 14.3. The monoisotopic (exact) mass is 363 g/mol. The summed E-state index contributed by atoms with van der Waals surface area (Å²) in [7, 11) is 0. The van der Waals surface area contributed by atoms with Crippen LogP contribution in [0.1, 0.15) is 17.1 Å². The second-order valence-corrected chi connectivity index (χ2v) is 6.87. The van der Waals surface area contributed by atoms with Crippen LogP contribution in [0.2, 0.25) is 0 Å². The normalized spacial score (nSPS) is 11.0. The van der Waals surface area contributed by atoms with Gasteiger partial charge in [-0.1, -0.05) is 53.2 Å². The summed E-state index contributed by atoms with van der Waals surface area (Å²) in [6.07, 6.45) is 1.70. The maximum Gasteiger partial charge on any atom is 0.236 e. The van der Waals surface area contributed by atoms with Gasteiger partial charge < -0.3 is 8.94 Å². The van der Waals surface area contributed by atoms with Crippen molar-refractivity contribution in [3.05, 3.63) is 78.0 Å². The highest BCUT2D eigenvalue weighted by Crippen LogP contribution is 2.23. The molecule has 130 valence electrons. The fourth-order valence-corrected chi connectivity index (χ4v) is 3.20. The van der Waals surface area contributed by atoms with E-state index in [1.807, 2.05) is 54.6 Å². The first kappa shape index (κ1) is 16.6. The number of rotatable bonds is 6. The van der Waals surface area contributed by atoms with Crippen LogP contribution in [-0.2, 0) is 11.5 Å². The summed E-state index contributed by atoms with van der Waals surface area (Å²) in [6, 6.07) is 17.9. The molecular weight excluding hydrogens is 346 g/mol. The predicted octanol–water partition coefficient (Wildman–Crippen LogP) is 5.13. The number of aromatic nitrogens is 3. The average molecular weight is 363 g/mol. The highest BCUT2D eigenvalue weighted by molar-refractivity contribution is 7.97. The summed E-state index contributed by atoms with van der Waals surface area (Å²) in [5.41, 5.74) is 4.04. The lowest BCUT2D eigenvalue weighted by molar-refractivity contribution is 0.391. The van der Waals surface area contributed by atoms with E-state index < -0.39 is 0 Å². The summed E-state index contributed by atoms with van der Waals surface area (Å²) < 4.78 is 10.9. The fourth-order valence-electron chi connectivity index (χ4n) is 2.46. The molecule has 26 heavy (non-hydrogen) atoms. The average Bonchev–Trinajstić information content (AvgIpc) is 3.33. The van der Waals surface area contributed by atoms with Crippen LogP contribution < -0.4 is 0 Å². The van der Waals surface area contributed by atoms with Gasteiger partial charge in [0, 0.05) is 16.9 Å². The molecule has 0 saturated carbocycles. The number of thioether (sulfide) groups is 1. The lowest BCUT2D eigenvalue weighted by Gasteiger charge is -1.96. The van der Waals surface area contributed by atoms with Crippen LogP contribution in [0.25, 0.3) is 22.8 Å². The number of aryl methyl sites for hydroxylation is 1. The molecule has 0 spiro atoms. The summed E-state index contributed by atoms with van der Waals surface area (Å²) in [5.74, 6) is 3.22. The third-order valence-corrected chi connectivity index (χ3v) is 4.78. The summed E-state index contributed by atoms with van der Waals surface area (Å²) in [4.78, 5) is 8.97. The smallest absolute Gasteiger partial charge is 0.236 e. The summed E-state index contributed by atoms with van der Waals surface area (Å²) in [5, 5.41) is 4.03. The Kier molecular flexibility index (Phi) is 4.84. The SMILES string of the molecule is Cc1ccc(-c2nc(CSCc3nc(-c4ccccc4)no3)co2)cc1. The van der Waals surface area contributed by atoms with Crippen molar-refractivity contribution in [2.45, 2.75) is 18.4 Å². The van der Waals surface area contributed by atoms with Crippen molar-refractivity contribution in [3.8, 4) is 22.8 Å². The number of benzene rings is 2. The van der Waals surface area contributed by atoms with Crippen molar-refractivity contribution in [1.82, 2.24) is 15.1 Å². The predicted molar refractivity (Wildman–Crippen MR) is 101 cm³/mol. The minimum atomic E-state index is 0.608. The Morgan fingerprint density at radius 1 is 0.885 bits per heavy atom. The molecule has 0 N–H and O–H groups in total. The molecule has 2 aromatic carbocycles. The molecule has 5 nitrogen and oxygen atoms in total. The van der Waals surface area contributed by atoms with Crippen LogP contribution in [-0.4, -0.2) is 15.1 Å². The molecule has 0 aliphatic rings. The lowest BCUT2D eigenvalue weighted by Crippen LogP contribution is -1.85. The zero-order valence-corrected chi connectivity index (χ0v) is 15.1. The van der Waals surface area contributed by atoms with Crippen molar-refractivity contribution in [1.29, 1.82) is 0 Å². The number of nitrogens with zero attached hydrogens (tertiary/aromatic N) is 3.